The summed E-state index contributed by atoms with van der Waals surface area (Å²) in [6, 6.07) is 9.74. The van der Waals surface area contributed by atoms with Gasteiger partial charge in [-0.2, -0.15) is 0 Å². The van der Waals surface area contributed by atoms with Gasteiger partial charge in [0.15, 0.2) is 6.79 Å². The van der Waals surface area contributed by atoms with Crippen molar-refractivity contribution in [1.82, 2.24) is 0 Å². The summed E-state index contributed by atoms with van der Waals surface area (Å²) in [5.74, 6) is -0.375. The zero-order valence-electron chi connectivity index (χ0n) is 11.1. The van der Waals surface area contributed by atoms with Gasteiger partial charge in [0.05, 0.1) is 5.56 Å². The highest BCUT2D eigenvalue weighted by Crippen LogP contribution is 2.14. The first-order valence-corrected chi connectivity index (χ1v) is 8.55. The van der Waals surface area contributed by atoms with Crippen LogP contribution in [-0.4, -0.2) is 28.4 Å². The highest BCUT2D eigenvalue weighted by molar-refractivity contribution is 6.65. The fraction of sp³-hybridized carbons (Fsp3) is 0.462. The molecule has 0 heterocycles. The number of ether oxygens (including phenoxy) is 1. The number of hydrogen-bond donors (Lipinski definition) is 0. The molecule has 1 unspecified atom stereocenters. The van der Waals surface area contributed by atoms with Crippen LogP contribution in [0.5, 0.6) is 0 Å². The van der Waals surface area contributed by atoms with E-state index in [1.54, 1.807) is 31.4 Å². The smallest absolute Gasteiger partial charge is 0.340 e. The van der Waals surface area contributed by atoms with Crippen LogP contribution in [0.3, 0.4) is 0 Å². The van der Waals surface area contributed by atoms with Gasteiger partial charge in [-0.15, -0.1) is 0 Å². The van der Waals surface area contributed by atoms with Crippen molar-refractivity contribution in [2.24, 2.45) is 0 Å². The molecule has 1 aromatic rings. The third kappa shape index (κ3) is 4.60. The third-order valence-corrected chi connectivity index (χ3v) is 5.70. The SMILES string of the molecule is CCC[Si](C)(OC)OCOC(=O)c1ccccc1. The van der Waals surface area contributed by atoms with E-state index in [-0.39, 0.29) is 12.8 Å². The Morgan fingerprint density at radius 3 is 2.50 bits per heavy atom. The average molecular weight is 268 g/mol. The second-order valence-corrected chi connectivity index (χ2v) is 7.61. The highest BCUT2D eigenvalue weighted by atomic mass is 28.4. The van der Waals surface area contributed by atoms with Crippen LogP contribution in [0.25, 0.3) is 0 Å². The van der Waals surface area contributed by atoms with E-state index in [0.717, 1.165) is 12.5 Å². The Morgan fingerprint density at radius 2 is 1.94 bits per heavy atom. The van der Waals surface area contributed by atoms with Crippen LogP contribution in [0.15, 0.2) is 30.3 Å². The summed E-state index contributed by atoms with van der Waals surface area (Å²) in [5, 5.41) is 0. The minimum Gasteiger partial charge on any atom is -0.436 e. The molecule has 18 heavy (non-hydrogen) atoms. The first-order valence-electron chi connectivity index (χ1n) is 6.02. The highest BCUT2D eigenvalue weighted by Gasteiger charge is 2.29. The van der Waals surface area contributed by atoms with Crippen molar-refractivity contribution in [2.75, 3.05) is 13.9 Å². The molecule has 0 aromatic heterocycles. The van der Waals surface area contributed by atoms with Crippen molar-refractivity contribution in [3.05, 3.63) is 35.9 Å². The van der Waals surface area contributed by atoms with Crippen LogP contribution in [0.1, 0.15) is 23.7 Å². The lowest BCUT2D eigenvalue weighted by Crippen LogP contribution is -2.38. The molecule has 0 saturated heterocycles. The maximum atomic E-state index is 11.6. The number of carbonyl (C=O) groups is 1. The molecule has 0 spiro atoms. The van der Waals surface area contributed by atoms with Gasteiger partial charge < -0.3 is 13.6 Å². The Labute approximate surface area is 109 Å². The standard InChI is InChI=1S/C13H20O4Si/c1-4-10-18(3,15-2)17-11-16-13(14)12-8-6-5-7-9-12/h5-9H,4,10-11H2,1-3H3. The number of carbonyl (C=O) groups excluding carboxylic acids is 1. The number of rotatable bonds is 7. The van der Waals surface area contributed by atoms with Crippen molar-refractivity contribution in [3.63, 3.8) is 0 Å². The predicted molar refractivity (Wildman–Crippen MR) is 71.5 cm³/mol. The Kier molecular flexibility index (Phi) is 6.04. The van der Waals surface area contributed by atoms with Crippen molar-refractivity contribution in [2.45, 2.75) is 25.9 Å². The van der Waals surface area contributed by atoms with E-state index >= 15 is 0 Å². The van der Waals surface area contributed by atoms with Crippen LogP contribution in [0.4, 0.5) is 0 Å². The topological polar surface area (TPSA) is 44.8 Å². The summed E-state index contributed by atoms with van der Waals surface area (Å²) in [6.07, 6.45) is 0.989. The first-order chi connectivity index (χ1) is 8.61. The molecule has 100 valence electrons. The van der Waals surface area contributed by atoms with Crippen LogP contribution in [0, 0.1) is 0 Å². The number of benzene rings is 1. The summed E-state index contributed by atoms with van der Waals surface area (Å²) in [6.45, 7) is 3.99. The van der Waals surface area contributed by atoms with Crippen LogP contribution >= 0.6 is 0 Å². The molecule has 1 aromatic carbocycles. The summed E-state index contributed by atoms with van der Waals surface area (Å²) >= 11 is 0. The van der Waals surface area contributed by atoms with E-state index in [0.29, 0.717) is 5.56 Å². The largest absolute Gasteiger partial charge is 0.436 e. The van der Waals surface area contributed by atoms with E-state index < -0.39 is 8.56 Å². The molecular formula is C13H20O4Si. The zero-order valence-corrected chi connectivity index (χ0v) is 12.1. The van der Waals surface area contributed by atoms with Gasteiger partial charge in [-0.3, -0.25) is 0 Å². The number of hydrogen-bond acceptors (Lipinski definition) is 4. The fourth-order valence-electron chi connectivity index (χ4n) is 1.55. The Hall–Kier alpha value is -1.17. The van der Waals surface area contributed by atoms with Crippen molar-refractivity contribution < 1.29 is 18.4 Å². The molecule has 4 nitrogen and oxygen atoms in total. The van der Waals surface area contributed by atoms with Gasteiger partial charge in [0.1, 0.15) is 0 Å². The lowest BCUT2D eigenvalue weighted by molar-refractivity contribution is 0.00363. The van der Waals surface area contributed by atoms with Gasteiger partial charge in [-0.05, 0) is 24.7 Å². The van der Waals surface area contributed by atoms with Gasteiger partial charge in [-0.25, -0.2) is 4.79 Å². The molecule has 0 saturated carbocycles. The molecule has 0 aliphatic heterocycles. The van der Waals surface area contributed by atoms with Crippen LogP contribution in [-0.2, 0) is 13.6 Å². The molecular weight excluding hydrogens is 248 g/mol. The minimum atomic E-state index is -2.17. The normalized spacial score (nSPS) is 13.9. The molecule has 0 bridgehead atoms. The molecule has 0 amide bonds. The maximum Gasteiger partial charge on any atom is 0.340 e. The van der Waals surface area contributed by atoms with Gasteiger partial charge in [0.25, 0.3) is 0 Å². The van der Waals surface area contributed by atoms with Crippen molar-refractivity contribution in [3.8, 4) is 0 Å². The predicted octanol–water partition coefficient (Wildman–Crippen LogP) is 2.95. The molecule has 1 atom stereocenters. The van der Waals surface area contributed by atoms with Gasteiger partial charge in [0, 0.05) is 7.11 Å². The summed E-state index contributed by atoms with van der Waals surface area (Å²) in [7, 11) is -0.529. The van der Waals surface area contributed by atoms with Gasteiger partial charge in [0.2, 0.25) is 0 Å². The molecule has 0 radical (unpaired) electrons. The van der Waals surface area contributed by atoms with E-state index in [1.165, 1.54) is 0 Å². The lowest BCUT2D eigenvalue weighted by Gasteiger charge is -2.24. The average Bonchev–Trinajstić information content (AvgIpc) is 2.40. The summed E-state index contributed by atoms with van der Waals surface area (Å²) < 4.78 is 16.0. The zero-order chi connectivity index (χ0) is 13.4. The second kappa shape index (κ2) is 7.30. The van der Waals surface area contributed by atoms with Gasteiger partial charge in [-0.1, -0.05) is 31.5 Å². The summed E-state index contributed by atoms with van der Waals surface area (Å²) in [4.78, 5) is 11.6. The molecule has 1 rings (SSSR count). The molecule has 0 aliphatic rings. The molecule has 0 N–H and O–H groups in total. The van der Waals surface area contributed by atoms with Crippen molar-refractivity contribution >= 4 is 14.5 Å². The quantitative estimate of drug-likeness (QED) is 0.433. The monoisotopic (exact) mass is 268 g/mol. The van der Waals surface area contributed by atoms with E-state index in [9.17, 15) is 4.79 Å². The Morgan fingerprint density at radius 1 is 1.28 bits per heavy atom. The van der Waals surface area contributed by atoms with Crippen LogP contribution in [0.2, 0.25) is 12.6 Å². The van der Waals surface area contributed by atoms with Gasteiger partial charge >= 0.3 is 14.5 Å². The second-order valence-electron chi connectivity index (χ2n) is 4.15. The van der Waals surface area contributed by atoms with E-state index in [4.69, 9.17) is 13.6 Å². The maximum absolute atomic E-state index is 11.6. The Balaban J connectivity index is 2.40. The lowest BCUT2D eigenvalue weighted by atomic mass is 10.2. The molecule has 0 aliphatic carbocycles. The molecule has 0 fully saturated rings. The van der Waals surface area contributed by atoms with E-state index in [2.05, 4.69) is 6.92 Å². The molecule has 5 heteroatoms. The minimum absolute atomic E-state index is 0.0513. The fourth-order valence-corrected chi connectivity index (χ4v) is 3.24. The van der Waals surface area contributed by atoms with Crippen molar-refractivity contribution in [1.29, 1.82) is 0 Å². The van der Waals surface area contributed by atoms with Crippen LogP contribution < -0.4 is 0 Å². The summed E-state index contributed by atoms with van der Waals surface area (Å²) in [5.41, 5.74) is 0.525. The third-order valence-electron chi connectivity index (χ3n) is 2.70. The first kappa shape index (κ1) is 14.9. The van der Waals surface area contributed by atoms with E-state index in [1.807, 2.05) is 12.6 Å². The Bertz CT molecular complexity index is 369. The number of esters is 1.